The Morgan fingerprint density at radius 3 is 2.58 bits per heavy atom. The number of nitrogens with one attached hydrogen (secondary N) is 1. The predicted molar refractivity (Wildman–Crippen MR) is 87.7 cm³/mol. The molecule has 2 aliphatic rings. The average molecular weight is 350 g/mol. The normalized spacial score (nSPS) is 17.8. The molecule has 0 atom stereocenters. The fourth-order valence-corrected chi connectivity index (χ4v) is 3.63. The molecule has 3 aromatic rings. The number of urea groups is 1. The zero-order valence-electron chi connectivity index (χ0n) is 13.6. The van der Waals surface area contributed by atoms with Gasteiger partial charge in [-0.1, -0.05) is 29.4 Å². The molecule has 1 aromatic carbocycles. The van der Waals surface area contributed by atoms with Crippen LogP contribution in [0.1, 0.15) is 17.0 Å². The zero-order valence-corrected chi connectivity index (χ0v) is 13.6. The van der Waals surface area contributed by atoms with Crippen LogP contribution in [0.3, 0.4) is 0 Å². The van der Waals surface area contributed by atoms with Gasteiger partial charge in [0.05, 0.1) is 6.26 Å². The second-order valence-corrected chi connectivity index (χ2v) is 6.51. The van der Waals surface area contributed by atoms with Crippen LogP contribution in [0.25, 0.3) is 11.6 Å². The van der Waals surface area contributed by atoms with Crippen LogP contribution in [0.2, 0.25) is 0 Å². The highest BCUT2D eigenvalue weighted by atomic mass is 16.5. The Hall–Kier alpha value is -3.42. The van der Waals surface area contributed by atoms with Crippen molar-refractivity contribution in [2.75, 3.05) is 0 Å². The molecule has 0 saturated carbocycles. The predicted octanol–water partition coefficient (Wildman–Crippen LogP) is 1.92. The Morgan fingerprint density at radius 2 is 1.88 bits per heavy atom. The van der Waals surface area contributed by atoms with Crippen LogP contribution in [-0.4, -0.2) is 32.5 Å². The van der Waals surface area contributed by atoms with E-state index in [0.717, 1.165) is 16.0 Å². The summed E-state index contributed by atoms with van der Waals surface area (Å²) >= 11 is 0. The monoisotopic (exact) mass is 350 g/mol. The zero-order chi connectivity index (χ0) is 17.7. The number of hydrogen-bond acceptors (Lipinski definition) is 6. The van der Waals surface area contributed by atoms with Gasteiger partial charge >= 0.3 is 6.03 Å². The third kappa shape index (κ3) is 2.15. The molecular formula is C18H14N4O4. The number of aromatic nitrogens is 2. The maximum Gasteiger partial charge on any atom is 0.325 e. The minimum absolute atomic E-state index is 0.0729. The molecule has 0 radical (unpaired) electrons. The van der Waals surface area contributed by atoms with E-state index < -0.39 is 11.6 Å². The van der Waals surface area contributed by atoms with E-state index >= 15 is 0 Å². The molecule has 1 aliphatic carbocycles. The maximum atomic E-state index is 13.0. The van der Waals surface area contributed by atoms with Gasteiger partial charge in [-0.3, -0.25) is 9.69 Å². The van der Waals surface area contributed by atoms with Crippen LogP contribution in [0.4, 0.5) is 4.79 Å². The first-order chi connectivity index (χ1) is 12.6. The van der Waals surface area contributed by atoms with E-state index in [1.54, 1.807) is 12.1 Å². The number of carbonyl (C=O) groups is 2. The lowest BCUT2D eigenvalue weighted by atomic mass is 9.96. The molecule has 2 aromatic heterocycles. The quantitative estimate of drug-likeness (QED) is 0.724. The third-order valence-corrected chi connectivity index (χ3v) is 4.85. The van der Waals surface area contributed by atoms with Gasteiger partial charge in [-0.15, -0.1) is 0 Å². The summed E-state index contributed by atoms with van der Waals surface area (Å²) in [5.74, 6) is 0.642. The lowest BCUT2D eigenvalue weighted by molar-refractivity contribution is -0.131. The van der Waals surface area contributed by atoms with Crippen molar-refractivity contribution in [1.82, 2.24) is 20.4 Å². The minimum atomic E-state index is -0.912. The Morgan fingerprint density at radius 1 is 1.12 bits per heavy atom. The molecule has 1 saturated heterocycles. The lowest BCUT2D eigenvalue weighted by Crippen LogP contribution is -2.47. The molecule has 1 fully saturated rings. The van der Waals surface area contributed by atoms with Gasteiger partial charge in [0.25, 0.3) is 5.91 Å². The summed E-state index contributed by atoms with van der Waals surface area (Å²) in [7, 11) is 0. The van der Waals surface area contributed by atoms with E-state index in [1.165, 1.54) is 6.26 Å². The largest absolute Gasteiger partial charge is 0.461 e. The summed E-state index contributed by atoms with van der Waals surface area (Å²) in [6.45, 7) is -0.0729. The van der Waals surface area contributed by atoms with Gasteiger partial charge in [-0.2, -0.15) is 4.98 Å². The van der Waals surface area contributed by atoms with Crippen LogP contribution in [0.5, 0.6) is 0 Å². The first-order valence-corrected chi connectivity index (χ1v) is 8.22. The topological polar surface area (TPSA) is 101 Å². The first kappa shape index (κ1) is 14.9. The van der Waals surface area contributed by atoms with Gasteiger partial charge in [0, 0.05) is 12.8 Å². The molecule has 26 heavy (non-hydrogen) atoms. The molecular weight excluding hydrogens is 336 g/mol. The van der Waals surface area contributed by atoms with Crippen molar-refractivity contribution in [3.63, 3.8) is 0 Å². The van der Waals surface area contributed by atoms with Crippen LogP contribution in [-0.2, 0) is 24.2 Å². The van der Waals surface area contributed by atoms with Crippen molar-refractivity contribution in [2.45, 2.75) is 24.9 Å². The summed E-state index contributed by atoms with van der Waals surface area (Å²) in [4.78, 5) is 30.7. The third-order valence-electron chi connectivity index (χ3n) is 4.85. The molecule has 0 bridgehead atoms. The van der Waals surface area contributed by atoms with Gasteiger partial charge in [0.2, 0.25) is 11.7 Å². The number of furan rings is 1. The highest BCUT2D eigenvalue weighted by Crippen LogP contribution is 2.35. The second kappa shape index (κ2) is 5.29. The van der Waals surface area contributed by atoms with E-state index in [1.807, 2.05) is 24.3 Å². The van der Waals surface area contributed by atoms with Crippen LogP contribution in [0, 0.1) is 0 Å². The number of carbonyl (C=O) groups excluding carboxylic acids is 2. The van der Waals surface area contributed by atoms with E-state index in [0.29, 0.717) is 18.6 Å². The summed E-state index contributed by atoms with van der Waals surface area (Å²) in [6.07, 6.45) is 2.49. The number of amides is 3. The smallest absolute Gasteiger partial charge is 0.325 e. The second-order valence-electron chi connectivity index (χ2n) is 6.51. The number of benzene rings is 1. The van der Waals surface area contributed by atoms with Crippen LogP contribution in [0.15, 0.2) is 51.6 Å². The van der Waals surface area contributed by atoms with Crippen molar-refractivity contribution in [1.29, 1.82) is 0 Å². The van der Waals surface area contributed by atoms with Gasteiger partial charge in [0.15, 0.2) is 5.76 Å². The number of hydrogen-bond donors (Lipinski definition) is 1. The Balaban J connectivity index is 1.38. The molecule has 0 unspecified atom stereocenters. The highest BCUT2D eigenvalue weighted by molar-refractivity contribution is 6.07. The standard InChI is InChI=1S/C18H14N4O4/c23-16-18(8-11-4-1-2-5-12(11)9-18)20-17(24)22(16)10-14-19-15(21-26-14)13-6-3-7-25-13/h1-7H,8-10H2,(H,20,24). The maximum absolute atomic E-state index is 13.0. The molecule has 8 heteroatoms. The Kier molecular flexibility index (Phi) is 3.03. The van der Waals surface area contributed by atoms with Gasteiger partial charge < -0.3 is 14.3 Å². The van der Waals surface area contributed by atoms with Crippen molar-refractivity contribution < 1.29 is 18.5 Å². The van der Waals surface area contributed by atoms with Crippen molar-refractivity contribution >= 4 is 11.9 Å². The fourth-order valence-electron chi connectivity index (χ4n) is 3.63. The van der Waals surface area contributed by atoms with E-state index in [4.69, 9.17) is 8.94 Å². The lowest BCUT2D eigenvalue weighted by Gasteiger charge is -2.19. The minimum Gasteiger partial charge on any atom is -0.461 e. The van der Waals surface area contributed by atoms with Gasteiger partial charge in [0.1, 0.15) is 12.1 Å². The number of nitrogens with zero attached hydrogens (tertiary/aromatic N) is 3. The fraction of sp³-hybridized carbons (Fsp3) is 0.222. The summed E-state index contributed by atoms with van der Waals surface area (Å²) < 4.78 is 10.4. The molecule has 130 valence electrons. The molecule has 3 amide bonds. The highest BCUT2D eigenvalue weighted by Gasteiger charge is 2.54. The van der Waals surface area contributed by atoms with E-state index in [2.05, 4.69) is 15.5 Å². The summed E-state index contributed by atoms with van der Waals surface area (Å²) in [6, 6.07) is 10.8. The molecule has 1 N–H and O–H groups in total. The first-order valence-electron chi connectivity index (χ1n) is 8.22. The average Bonchev–Trinajstić information content (AvgIpc) is 3.39. The van der Waals surface area contributed by atoms with Crippen molar-refractivity contribution in [2.24, 2.45) is 0 Å². The number of fused-ring (bicyclic) bond motifs is 1. The van der Waals surface area contributed by atoms with Crippen molar-refractivity contribution in [3.8, 4) is 11.6 Å². The Labute approximate surface area is 147 Å². The van der Waals surface area contributed by atoms with E-state index in [9.17, 15) is 9.59 Å². The molecule has 8 nitrogen and oxygen atoms in total. The summed E-state index contributed by atoms with van der Waals surface area (Å²) in [5, 5.41) is 6.68. The van der Waals surface area contributed by atoms with E-state index in [-0.39, 0.29) is 24.2 Å². The molecule has 3 heterocycles. The summed E-state index contributed by atoms with van der Waals surface area (Å²) in [5.41, 5.74) is 1.26. The number of imide groups is 1. The molecule has 5 rings (SSSR count). The van der Waals surface area contributed by atoms with Crippen LogP contribution >= 0.6 is 0 Å². The van der Waals surface area contributed by atoms with Gasteiger partial charge in [-0.25, -0.2) is 4.79 Å². The molecule has 1 aliphatic heterocycles. The van der Waals surface area contributed by atoms with Crippen molar-refractivity contribution in [3.05, 3.63) is 59.7 Å². The Bertz CT molecular complexity index is 983. The SMILES string of the molecule is O=C1NC2(Cc3ccccc3C2)C(=O)N1Cc1nc(-c2ccco2)no1. The van der Waals surface area contributed by atoms with Gasteiger partial charge in [-0.05, 0) is 23.3 Å². The molecule has 1 spiro atoms. The number of rotatable bonds is 3. The van der Waals surface area contributed by atoms with Crippen LogP contribution < -0.4 is 5.32 Å².